The Morgan fingerprint density at radius 1 is 1.00 bits per heavy atom. The zero-order valence-corrected chi connectivity index (χ0v) is 18.2. The van der Waals surface area contributed by atoms with Crippen molar-refractivity contribution in [2.45, 2.75) is 85.2 Å². The lowest BCUT2D eigenvalue weighted by molar-refractivity contribution is -0.135. The van der Waals surface area contributed by atoms with Gasteiger partial charge >= 0.3 is 0 Å². The van der Waals surface area contributed by atoms with Gasteiger partial charge in [0.15, 0.2) is 11.5 Å². The van der Waals surface area contributed by atoms with Crippen LogP contribution in [0.15, 0.2) is 18.2 Å². The van der Waals surface area contributed by atoms with Crippen LogP contribution in [-0.2, 0) is 11.3 Å². The van der Waals surface area contributed by atoms with Gasteiger partial charge in [-0.25, -0.2) is 0 Å². The lowest BCUT2D eigenvalue weighted by atomic mass is 9.99. The summed E-state index contributed by atoms with van der Waals surface area (Å²) in [4.78, 5) is 15.2. The predicted octanol–water partition coefficient (Wildman–Crippen LogP) is 5.83. The van der Waals surface area contributed by atoms with E-state index < -0.39 is 0 Å². The second kappa shape index (κ2) is 12.6. The van der Waals surface area contributed by atoms with E-state index in [1.165, 1.54) is 0 Å². The molecule has 0 N–H and O–H groups in total. The number of hydrogen-bond donors (Lipinski definition) is 0. The normalized spacial score (nSPS) is 11.1. The minimum absolute atomic E-state index is 0.261. The van der Waals surface area contributed by atoms with Crippen molar-refractivity contribution in [2.75, 3.05) is 14.2 Å². The number of carbonyl (C=O) groups is 1. The van der Waals surface area contributed by atoms with Crippen molar-refractivity contribution in [3.8, 4) is 11.5 Å². The fourth-order valence-electron chi connectivity index (χ4n) is 3.40. The molecule has 1 aromatic carbocycles. The van der Waals surface area contributed by atoms with Gasteiger partial charge in [0.2, 0.25) is 5.91 Å². The van der Waals surface area contributed by atoms with Crippen molar-refractivity contribution < 1.29 is 14.3 Å². The molecular weight excluding hydrogens is 338 g/mol. The Balaban J connectivity index is 3.09. The average molecular weight is 378 g/mol. The number of carbonyl (C=O) groups excluding carboxylic acids is 1. The highest BCUT2D eigenvalue weighted by atomic mass is 16.5. The van der Waals surface area contributed by atoms with Crippen molar-refractivity contribution >= 4 is 5.91 Å². The molecule has 27 heavy (non-hydrogen) atoms. The maximum atomic E-state index is 13.1. The molecule has 1 aromatic rings. The largest absolute Gasteiger partial charge is 0.493 e. The smallest absolute Gasteiger partial charge is 0.223 e. The van der Waals surface area contributed by atoms with Crippen LogP contribution >= 0.6 is 0 Å². The maximum absolute atomic E-state index is 13.1. The van der Waals surface area contributed by atoms with E-state index in [1.807, 2.05) is 18.2 Å². The highest BCUT2D eigenvalue weighted by molar-refractivity contribution is 5.76. The molecule has 0 atom stereocenters. The maximum Gasteiger partial charge on any atom is 0.223 e. The van der Waals surface area contributed by atoms with Gasteiger partial charge in [0.1, 0.15) is 0 Å². The second-order valence-corrected chi connectivity index (χ2v) is 7.75. The summed E-state index contributed by atoms with van der Waals surface area (Å²) in [5.74, 6) is 2.06. The molecule has 0 aromatic heterocycles. The molecule has 0 aliphatic rings. The predicted molar refractivity (Wildman–Crippen MR) is 112 cm³/mol. The first-order valence-corrected chi connectivity index (χ1v) is 10.5. The van der Waals surface area contributed by atoms with E-state index in [1.54, 1.807) is 14.2 Å². The van der Waals surface area contributed by atoms with E-state index in [-0.39, 0.29) is 5.91 Å². The Hall–Kier alpha value is -1.71. The summed E-state index contributed by atoms with van der Waals surface area (Å²) >= 11 is 0. The average Bonchev–Trinajstić information content (AvgIpc) is 2.65. The molecule has 0 fully saturated rings. The van der Waals surface area contributed by atoms with Crippen molar-refractivity contribution in [1.29, 1.82) is 0 Å². The lowest BCUT2D eigenvalue weighted by Crippen LogP contribution is -2.40. The Kier molecular flexibility index (Phi) is 10.9. The van der Waals surface area contributed by atoms with Gasteiger partial charge in [-0.3, -0.25) is 4.79 Å². The third kappa shape index (κ3) is 7.82. The number of unbranched alkanes of at least 4 members (excludes halogenated alkanes) is 2. The van der Waals surface area contributed by atoms with Crippen molar-refractivity contribution in [3.05, 3.63) is 23.8 Å². The van der Waals surface area contributed by atoms with Gasteiger partial charge in [-0.2, -0.15) is 0 Å². The van der Waals surface area contributed by atoms with Crippen molar-refractivity contribution in [2.24, 2.45) is 5.92 Å². The molecule has 1 amide bonds. The quantitative estimate of drug-likeness (QED) is 0.434. The number of benzene rings is 1. The van der Waals surface area contributed by atoms with Crippen LogP contribution in [0.25, 0.3) is 0 Å². The Morgan fingerprint density at radius 2 is 1.59 bits per heavy atom. The number of amides is 1. The molecular formula is C23H39NO3. The number of nitrogens with zero attached hydrogens (tertiary/aromatic N) is 1. The SMILES string of the molecule is CCCCC(CCCC)N(Cc1ccc(OC)c(OC)c1)C(=O)CC(C)C. The fraction of sp³-hybridized carbons (Fsp3) is 0.696. The molecule has 0 radical (unpaired) electrons. The summed E-state index contributed by atoms with van der Waals surface area (Å²) in [5, 5.41) is 0. The first-order valence-electron chi connectivity index (χ1n) is 10.5. The van der Waals surface area contributed by atoms with E-state index in [0.717, 1.165) is 49.8 Å². The molecule has 0 unspecified atom stereocenters. The first kappa shape index (κ1) is 23.3. The zero-order valence-electron chi connectivity index (χ0n) is 18.2. The van der Waals surface area contributed by atoms with Crippen LogP contribution in [0.1, 0.15) is 78.2 Å². The van der Waals surface area contributed by atoms with Gasteiger partial charge in [0.25, 0.3) is 0 Å². The van der Waals surface area contributed by atoms with Crippen LogP contribution < -0.4 is 9.47 Å². The standard InChI is InChI=1S/C23H39NO3/c1-7-9-11-20(12-10-8-2)24(23(25)15-18(3)4)17-19-13-14-21(26-5)22(16-19)27-6/h13-14,16,18,20H,7-12,15,17H2,1-6H3. The van der Waals surface area contributed by atoms with Crippen LogP contribution in [0.2, 0.25) is 0 Å². The molecule has 4 heteroatoms. The molecule has 154 valence electrons. The summed E-state index contributed by atoms with van der Waals surface area (Å²) in [6, 6.07) is 6.26. The summed E-state index contributed by atoms with van der Waals surface area (Å²) in [6.45, 7) is 9.28. The fourth-order valence-corrected chi connectivity index (χ4v) is 3.40. The number of methoxy groups -OCH3 is 2. The number of rotatable bonds is 13. The highest BCUT2D eigenvalue weighted by Crippen LogP contribution is 2.29. The summed E-state index contributed by atoms with van der Waals surface area (Å²) in [5.41, 5.74) is 1.09. The van der Waals surface area contributed by atoms with E-state index >= 15 is 0 Å². The van der Waals surface area contributed by atoms with Gasteiger partial charge in [0.05, 0.1) is 14.2 Å². The van der Waals surface area contributed by atoms with Gasteiger partial charge in [0, 0.05) is 19.0 Å². The number of hydrogen-bond acceptors (Lipinski definition) is 3. The summed E-state index contributed by atoms with van der Waals surface area (Å²) in [6.07, 6.45) is 7.39. The Morgan fingerprint density at radius 3 is 2.07 bits per heavy atom. The molecule has 0 saturated heterocycles. The lowest BCUT2D eigenvalue weighted by Gasteiger charge is -2.33. The molecule has 0 spiro atoms. The van der Waals surface area contributed by atoms with E-state index in [0.29, 0.717) is 30.7 Å². The summed E-state index contributed by atoms with van der Waals surface area (Å²) < 4.78 is 10.8. The minimum Gasteiger partial charge on any atom is -0.493 e. The third-order valence-corrected chi connectivity index (χ3v) is 4.93. The van der Waals surface area contributed by atoms with Crippen LogP contribution in [0.3, 0.4) is 0 Å². The molecule has 1 rings (SSSR count). The van der Waals surface area contributed by atoms with Crippen molar-refractivity contribution in [1.82, 2.24) is 4.90 Å². The van der Waals surface area contributed by atoms with Gasteiger partial charge in [-0.05, 0) is 36.5 Å². The van der Waals surface area contributed by atoms with Crippen molar-refractivity contribution in [3.63, 3.8) is 0 Å². The minimum atomic E-state index is 0.261. The van der Waals surface area contributed by atoms with E-state index in [9.17, 15) is 4.79 Å². The molecule has 0 bridgehead atoms. The zero-order chi connectivity index (χ0) is 20.2. The third-order valence-electron chi connectivity index (χ3n) is 4.93. The van der Waals surface area contributed by atoms with Crippen LogP contribution in [0.4, 0.5) is 0 Å². The molecule has 0 saturated carbocycles. The number of ether oxygens (including phenoxy) is 2. The van der Waals surface area contributed by atoms with E-state index in [4.69, 9.17) is 9.47 Å². The van der Waals surface area contributed by atoms with Gasteiger partial charge < -0.3 is 14.4 Å². The first-order chi connectivity index (χ1) is 13.0. The van der Waals surface area contributed by atoms with Gasteiger partial charge in [-0.15, -0.1) is 0 Å². The van der Waals surface area contributed by atoms with Gasteiger partial charge in [-0.1, -0.05) is 59.4 Å². The van der Waals surface area contributed by atoms with Crippen LogP contribution in [0.5, 0.6) is 11.5 Å². The molecule has 0 aliphatic heterocycles. The highest BCUT2D eigenvalue weighted by Gasteiger charge is 2.24. The monoisotopic (exact) mass is 377 g/mol. The van der Waals surface area contributed by atoms with Crippen LogP contribution in [0, 0.1) is 5.92 Å². The Bertz CT molecular complexity index is 549. The van der Waals surface area contributed by atoms with E-state index in [2.05, 4.69) is 32.6 Å². The summed E-state index contributed by atoms with van der Waals surface area (Å²) in [7, 11) is 3.29. The molecule has 0 aliphatic carbocycles. The molecule has 4 nitrogen and oxygen atoms in total. The topological polar surface area (TPSA) is 38.8 Å². The molecule has 0 heterocycles. The Labute approximate surface area is 166 Å². The van der Waals surface area contributed by atoms with Crippen LogP contribution in [-0.4, -0.2) is 31.1 Å². The second-order valence-electron chi connectivity index (χ2n) is 7.75.